The molecule has 0 amide bonds. The van der Waals surface area contributed by atoms with Crippen molar-refractivity contribution < 1.29 is 4.74 Å². The van der Waals surface area contributed by atoms with Gasteiger partial charge in [-0.05, 0) is 31.0 Å². The van der Waals surface area contributed by atoms with E-state index >= 15 is 0 Å². The van der Waals surface area contributed by atoms with Crippen LogP contribution < -0.4 is 15.0 Å². The predicted molar refractivity (Wildman–Crippen MR) is 83.2 cm³/mol. The molecule has 19 heavy (non-hydrogen) atoms. The highest BCUT2D eigenvalue weighted by Crippen LogP contribution is 2.27. The van der Waals surface area contributed by atoms with Crippen LogP contribution in [0.2, 0.25) is 0 Å². The zero-order valence-corrected chi connectivity index (χ0v) is 13.0. The molecule has 0 fully saturated rings. The SMILES string of the molecule is CCCC(C)(CNC)CN(C)c1cccc(OC)c1. The summed E-state index contributed by atoms with van der Waals surface area (Å²) in [7, 11) is 5.89. The summed E-state index contributed by atoms with van der Waals surface area (Å²) in [5.74, 6) is 0.912. The van der Waals surface area contributed by atoms with Crippen molar-refractivity contribution in [1.29, 1.82) is 0 Å². The summed E-state index contributed by atoms with van der Waals surface area (Å²) in [6.07, 6.45) is 2.44. The van der Waals surface area contributed by atoms with E-state index in [-0.39, 0.29) is 0 Å². The molecule has 1 rings (SSSR count). The molecule has 0 radical (unpaired) electrons. The molecule has 1 aromatic rings. The fourth-order valence-corrected chi connectivity index (χ4v) is 2.77. The van der Waals surface area contributed by atoms with E-state index in [0.29, 0.717) is 5.41 Å². The van der Waals surface area contributed by atoms with Crippen LogP contribution in [0.4, 0.5) is 5.69 Å². The molecular formula is C16H28N2O. The fraction of sp³-hybridized carbons (Fsp3) is 0.625. The molecule has 0 saturated carbocycles. The van der Waals surface area contributed by atoms with Gasteiger partial charge in [-0.15, -0.1) is 0 Å². The van der Waals surface area contributed by atoms with E-state index in [1.165, 1.54) is 18.5 Å². The van der Waals surface area contributed by atoms with Gasteiger partial charge >= 0.3 is 0 Å². The van der Waals surface area contributed by atoms with Gasteiger partial charge in [-0.1, -0.05) is 26.3 Å². The molecule has 0 aliphatic heterocycles. The Morgan fingerprint density at radius 2 is 2.11 bits per heavy atom. The Bertz CT molecular complexity index is 373. The smallest absolute Gasteiger partial charge is 0.120 e. The molecule has 1 unspecified atom stereocenters. The van der Waals surface area contributed by atoms with Crippen LogP contribution >= 0.6 is 0 Å². The van der Waals surface area contributed by atoms with Gasteiger partial charge in [-0.3, -0.25) is 0 Å². The first kappa shape index (κ1) is 15.8. The fourth-order valence-electron chi connectivity index (χ4n) is 2.77. The van der Waals surface area contributed by atoms with E-state index in [2.05, 4.69) is 43.2 Å². The van der Waals surface area contributed by atoms with Crippen molar-refractivity contribution in [3.63, 3.8) is 0 Å². The van der Waals surface area contributed by atoms with Crippen molar-refractivity contribution in [2.24, 2.45) is 5.41 Å². The highest BCUT2D eigenvalue weighted by atomic mass is 16.5. The minimum absolute atomic E-state index is 0.293. The summed E-state index contributed by atoms with van der Waals surface area (Å²) in [6, 6.07) is 8.25. The van der Waals surface area contributed by atoms with Crippen molar-refractivity contribution in [3.8, 4) is 5.75 Å². The molecule has 1 atom stereocenters. The third kappa shape index (κ3) is 4.75. The largest absolute Gasteiger partial charge is 0.497 e. The van der Waals surface area contributed by atoms with E-state index in [0.717, 1.165) is 18.8 Å². The highest BCUT2D eigenvalue weighted by molar-refractivity contribution is 5.50. The topological polar surface area (TPSA) is 24.5 Å². The number of rotatable bonds is 8. The van der Waals surface area contributed by atoms with Crippen molar-refractivity contribution in [3.05, 3.63) is 24.3 Å². The van der Waals surface area contributed by atoms with Gasteiger partial charge in [-0.2, -0.15) is 0 Å². The van der Waals surface area contributed by atoms with Crippen LogP contribution in [0.15, 0.2) is 24.3 Å². The number of nitrogens with zero attached hydrogens (tertiary/aromatic N) is 1. The molecule has 0 bridgehead atoms. The maximum Gasteiger partial charge on any atom is 0.120 e. The summed E-state index contributed by atoms with van der Waals surface area (Å²) < 4.78 is 5.29. The second-order valence-corrected chi connectivity index (χ2v) is 5.65. The number of methoxy groups -OCH3 is 1. The quantitative estimate of drug-likeness (QED) is 0.780. The average molecular weight is 264 g/mol. The Labute approximate surface area is 118 Å². The molecule has 0 aliphatic rings. The second-order valence-electron chi connectivity index (χ2n) is 5.65. The zero-order valence-electron chi connectivity index (χ0n) is 13.0. The number of benzene rings is 1. The molecule has 1 aromatic carbocycles. The summed E-state index contributed by atoms with van der Waals surface area (Å²) in [5.41, 5.74) is 1.50. The van der Waals surface area contributed by atoms with E-state index < -0.39 is 0 Å². The first-order valence-corrected chi connectivity index (χ1v) is 7.04. The standard InChI is InChI=1S/C16H28N2O/c1-6-10-16(2,12-17-3)13-18(4)14-8-7-9-15(11-14)19-5/h7-9,11,17H,6,10,12-13H2,1-5H3. The van der Waals surface area contributed by atoms with Gasteiger partial charge < -0.3 is 15.0 Å². The van der Waals surface area contributed by atoms with Crippen LogP contribution in [0.25, 0.3) is 0 Å². The number of nitrogens with one attached hydrogen (secondary N) is 1. The lowest BCUT2D eigenvalue weighted by Gasteiger charge is -2.35. The molecule has 3 heteroatoms. The normalized spacial score (nSPS) is 13.9. The van der Waals surface area contributed by atoms with Crippen LogP contribution in [0.3, 0.4) is 0 Å². The molecular weight excluding hydrogens is 236 g/mol. The number of anilines is 1. The Morgan fingerprint density at radius 3 is 2.68 bits per heavy atom. The molecule has 1 N–H and O–H groups in total. The van der Waals surface area contributed by atoms with Crippen LogP contribution in [0.5, 0.6) is 5.75 Å². The summed E-state index contributed by atoms with van der Waals surface area (Å²) in [6.45, 7) is 6.67. The number of hydrogen-bond donors (Lipinski definition) is 1. The maximum absolute atomic E-state index is 5.29. The van der Waals surface area contributed by atoms with Crippen LogP contribution in [0.1, 0.15) is 26.7 Å². The monoisotopic (exact) mass is 264 g/mol. The third-order valence-corrected chi connectivity index (χ3v) is 3.57. The second kappa shape index (κ2) is 7.39. The molecule has 0 saturated heterocycles. The lowest BCUT2D eigenvalue weighted by atomic mass is 9.85. The van der Waals surface area contributed by atoms with E-state index in [1.807, 2.05) is 19.2 Å². The van der Waals surface area contributed by atoms with E-state index in [4.69, 9.17) is 4.74 Å². The Balaban J connectivity index is 2.77. The molecule has 108 valence electrons. The number of ether oxygens (including phenoxy) is 1. The first-order valence-electron chi connectivity index (χ1n) is 7.04. The average Bonchev–Trinajstić information content (AvgIpc) is 2.39. The Morgan fingerprint density at radius 1 is 1.37 bits per heavy atom. The van der Waals surface area contributed by atoms with Gasteiger partial charge in [0.05, 0.1) is 7.11 Å². The van der Waals surface area contributed by atoms with Crippen molar-refractivity contribution in [2.45, 2.75) is 26.7 Å². The van der Waals surface area contributed by atoms with Crippen molar-refractivity contribution >= 4 is 5.69 Å². The summed E-state index contributed by atoms with van der Waals surface area (Å²) in [5, 5.41) is 3.32. The Hall–Kier alpha value is -1.22. The highest BCUT2D eigenvalue weighted by Gasteiger charge is 2.24. The molecule has 3 nitrogen and oxygen atoms in total. The van der Waals surface area contributed by atoms with E-state index in [9.17, 15) is 0 Å². The lowest BCUT2D eigenvalue weighted by molar-refractivity contribution is 0.292. The van der Waals surface area contributed by atoms with E-state index in [1.54, 1.807) is 7.11 Å². The Kier molecular flexibility index (Phi) is 6.16. The minimum Gasteiger partial charge on any atom is -0.497 e. The lowest BCUT2D eigenvalue weighted by Crippen LogP contribution is -2.40. The zero-order chi connectivity index (χ0) is 14.3. The third-order valence-electron chi connectivity index (χ3n) is 3.57. The molecule has 0 aliphatic carbocycles. The van der Waals surface area contributed by atoms with Gasteiger partial charge in [0.15, 0.2) is 0 Å². The van der Waals surface area contributed by atoms with Crippen LogP contribution in [-0.2, 0) is 0 Å². The minimum atomic E-state index is 0.293. The van der Waals surface area contributed by atoms with Crippen molar-refractivity contribution in [2.75, 3.05) is 39.2 Å². The van der Waals surface area contributed by atoms with Gasteiger partial charge in [0.25, 0.3) is 0 Å². The van der Waals surface area contributed by atoms with Crippen LogP contribution in [0, 0.1) is 5.41 Å². The maximum atomic E-state index is 5.29. The van der Waals surface area contributed by atoms with Gasteiger partial charge in [0.2, 0.25) is 0 Å². The molecule has 0 heterocycles. The van der Waals surface area contributed by atoms with Crippen molar-refractivity contribution in [1.82, 2.24) is 5.32 Å². The van der Waals surface area contributed by atoms with Gasteiger partial charge in [0.1, 0.15) is 5.75 Å². The van der Waals surface area contributed by atoms with Crippen LogP contribution in [-0.4, -0.2) is 34.3 Å². The molecule has 0 aromatic heterocycles. The van der Waals surface area contributed by atoms with Gasteiger partial charge in [-0.25, -0.2) is 0 Å². The first-order chi connectivity index (χ1) is 9.04. The van der Waals surface area contributed by atoms with Gasteiger partial charge in [0, 0.05) is 31.9 Å². The summed E-state index contributed by atoms with van der Waals surface area (Å²) in [4.78, 5) is 2.32. The molecule has 0 spiro atoms. The summed E-state index contributed by atoms with van der Waals surface area (Å²) >= 11 is 0. The number of hydrogen-bond acceptors (Lipinski definition) is 3. The predicted octanol–water partition coefficient (Wildman–Crippen LogP) is 3.16.